The average molecular weight is 389 g/mol. The van der Waals surface area contributed by atoms with Crippen molar-refractivity contribution < 1.29 is 13.9 Å². The third-order valence-corrected chi connectivity index (χ3v) is 4.81. The van der Waals surface area contributed by atoms with Crippen LogP contribution in [0.25, 0.3) is 0 Å². The van der Waals surface area contributed by atoms with Crippen LogP contribution in [-0.4, -0.2) is 50.0 Å². The van der Waals surface area contributed by atoms with Crippen LogP contribution in [0.15, 0.2) is 48.5 Å². The number of thiocarbonyl (C=S) groups is 1. The first-order valence-corrected chi connectivity index (χ1v) is 9.33. The van der Waals surface area contributed by atoms with Crippen LogP contribution >= 0.6 is 12.2 Å². The zero-order valence-electron chi connectivity index (χ0n) is 15.3. The lowest BCUT2D eigenvalue weighted by molar-refractivity contribution is 0.0170. The molecule has 1 aliphatic rings. The summed E-state index contributed by atoms with van der Waals surface area (Å²) in [4.78, 5) is 2.37. The number of benzene rings is 2. The molecule has 0 saturated carbocycles. The predicted octanol–water partition coefficient (Wildman–Crippen LogP) is 3.19. The first-order valence-electron chi connectivity index (χ1n) is 8.92. The molecule has 5 nitrogen and oxygen atoms in total. The fraction of sp³-hybridized carbons (Fsp3) is 0.350. The molecule has 2 N–H and O–H groups in total. The Balaban J connectivity index is 1.67. The number of nitrogens with zero attached hydrogens (tertiary/aromatic N) is 1. The van der Waals surface area contributed by atoms with Crippen molar-refractivity contribution in [2.45, 2.75) is 6.04 Å². The molecule has 1 aliphatic heterocycles. The van der Waals surface area contributed by atoms with Gasteiger partial charge >= 0.3 is 0 Å². The molecule has 0 unspecified atom stereocenters. The van der Waals surface area contributed by atoms with E-state index >= 15 is 0 Å². The zero-order chi connectivity index (χ0) is 19.1. The lowest BCUT2D eigenvalue weighted by Gasteiger charge is -2.35. The number of hydrogen-bond donors (Lipinski definition) is 2. The Morgan fingerprint density at radius 1 is 1.19 bits per heavy atom. The van der Waals surface area contributed by atoms with Crippen molar-refractivity contribution in [2.75, 3.05) is 45.3 Å². The number of ether oxygens (including phenoxy) is 2. The number of morpholine rings is 1. The van der Waals surface area contributed by atoms with Crippen molar-refractivity contribution in [3.63, 3.8) is 0 Å². The molecule has 27 heavy (non-hydrogen) atoms. The highest BCUT2D eigenvalue weighted by molar-refractivity contribution is 7.80. The maximum absolute atomic E-state index is 13.8. The Morgan fingerprint density at radius 2 is 1.89 bits per heavy atom. The van der Waals surface area contributed by atoms with E-state index in [1.807, 2.05) is 12.1 Å². The van der Waals surface area contributed by atoms with Gasteiger partial charge in [-0.05, 0) is 42.0 Å². The van der Waals surface area contributed by atoms with Gasteiger partial charge in [-0.2, -0.15) is 0 Å². The molecule has 0 aliphatic carbocycles. The van der Waals surface area contributed by atoms with Gasteiger partial charge in [0.2, 0.25) is 0 Å². The van der Waals surface area contributed by atoms with Crippen LogP contribution in [0.5, 0.6) is 5.75 Å². The quantitative estimate of drug-likeness (QED) is 0.740. The SMILES string of the molecule is COc1ccc([C@@H](CNC(=S)Nc2ccccc2F)N2CCOCC2)cc1. The molecule has 1 atom stereocenters. The topological polar surface area (TPSA) is 45.8 Å². The predicted molar refractivity (Wildman–Crippen MR) is 109 cm³/mol. The summed E-state index contributed by atoms with van der Waals surface area (Å²) in [6, 6.07) is 14.6. The van der Waals surface area contributed by atoms with Crippen molar-refractivity contribution in [3.05, 3.63) is 59.9 Å². The van der Waals surface area contributed by atoms with Gasteiger partial charge < -0.3 is 20.1 Å². The maximum atomic E-state index is 13.8. The molecule has 1 heterocycles. The Morgan fingerprint density at radius 3 is 2.56 bits per heavy atom. The maximum Gasteiger partial charge on any atom is 0.170 e. The molecule has 0 aromatic heterocycles. The number of methoxy groups -OCH3 is 1. The summed E-state index contributed by atoms with van der Waals surface area (Å²) >= 11 is 5.35. The molecule has 0 radical (unpaired) electrons. The molecule has 0 spiro atoms. The lowest BCUT2D eigenvalue weighted by Crippen LogP contribution is -2.44. The number of anilines is 1. The summed E-state index contributed by atoms with van der Waals surface area (Å²) in [7, 11) is 1.66. The Kier molecular flexibility index (Phi) is 6.98. The van der Waals surface area contributed by atoms with Gasteiger partial charge in [0.05, 0.1) is 32.1 Å². The van der Waals surface area contributed by atoms with Crippen LogP contribution in [0, 0.1) is 5.82 Å². The summed E-state index contributed by atoms with van der Waals surface area (Å²) in [5, 5.41) is 6.54. The van der Waals surface area contributed by atoms with Crippen LogP contribution < -0.4 is 15.4 Å². The van der Waals surface area contributed by atoms with Crippen LogP contribution in [0.2, 0.25) is 0 Å². The van der Waals surface area contributed by atoms with Gasteiger partial charge in [0.15, 0.2) is 5.11 Å². The molecule has 144 valence electrons. The first-order chi connectivity index (χ1) is 13.2. The standard InChI is InChI=1S/C20H24FN3O2S/c1-25-16-8-6-15(7-9-16)19(24-10-12-26-13-11-24)14-22-20(27)23-18-5-3-2-4-17(18)21/h2-9,19H,10-14H2,1H3,(H2,22,23,27)/t19-/m1/s1. The number of para-hydroxylation sites is 1. The highest BCUT2D eigenvalue weighted by atomic mass is 32.1. The van der Waals surface area contributed by atoms with E-state index in [-0.39, 0.29) is 11.9 Å². The van der Waals surface area contributed by atoms with Gasteiger partial charge in [-0.15, -0.1) is 0 Å². The van der Waals surface area contributed by atoms with Crippen molar-refractivity contribution in [1.82, 2.24) is 10.2 Å². The van der Waals surface area contributed by atoms with Gasteiger partial charge in [0.25, 0.3) is 0 Å². The lowest BCUT2D eigenvalue weighted by atomic mass is 10.0. The summed E-state index contributed by atoms with van der Waals surface area (Å²) in [6.45, 7) is 3.74. The molecule has 1 saturated heterocycles. The Bertz CT molecular complexity index is 751. The molecular formula is C20H24FN3O2S. The van der Waals surface area contributed by atoms with Gasteiger partial charge in [0.1, 0.15) is 11.6 Å². The molecule has 2 aromatic carbocycles. The van der Waals surface area contributed by atoms with Crippen LogP contribution in [-0.2, 0) is 4.74 Å². The minimum absolute atomic E-state index is 0.125. The third-order valence-electron chi connectivity index (χ3n) is 4.57. The second-order valence-electron chi connectivity index (χ2n) is 6.25. The van der Waals surface area contributed by atoms with E-state index in [0.717, 1.165) is 18.8 Å². The van der Waals surface area contributed by atoms with E-state index < -0.39 is 0 Å². The summed E-state index contributed by atoms with van der Waals surface area (Å²) in [5.41, 5.74) is 1.53. The average Bonchev–Trinajstić information content (AvgIpc) is 2.71. The Labute approximate surface area is 164 Å². The van der Waals surface area contributed by atoms with E-state index in [1.54, 1.807) is 25.3 Å². The third kappa shape index (κ3) is 5.38. The minimum atomic E-state index is -0.332. The molecule has 3 rings (SSSR count). The number of rotatable bonds is 6. The van der Waals surface area contributed by atoms with Gasteiger partial charge in [-0.3, -0.25) is 4.90 Å². The fourth-order valence-electron chi connectivity index (χ4n) is 3.09. The Hall–Kier alpha value is -2.22. The van der Waals surface area contributed by atoms with Crippen molar-refractivity contribution in [1.29, 1.82) is 0 Å². The minimum Gasteiger partial charge on any atom is -0.497 e. The normalized spacial score (nSPS) is 15.8. The largest absolute Gasteiger partial charge is 0.497 e. The van der Waals surface area contributed by atoms with E-state index in [9.17, 15) is 4.39 Å². The zero-order valence-corrected chi connectivity index (χ0v) is 16.1. The second-order valence-corrected chi connectivity index (χ2v) is 6.66. The van der Waals surface area contributed by atoms with E-state index in [2.05, 4.69) is 27.7 Å². The fourth-order valence-corrected chi connectivity index (χ4v) is 3.28. The van der Waals surface area contributed by atoms with Crippen LogP contribution in [0.1, 0.15) is 11.6 Å². The van der Waals surface area contributed by atoms with Crippen molar-refractivity contribution in [2.24, 2.45) is 0 Å². The number of hydrogen-bond acceptors (Lipinski definition) is 4. The van der Waals surface area contributed by atoms with E-state index in [0.29, 0.717) is 30.6 Å². The molecule has 0 amide bonds. The molecular weight excluding hydrogens is 365 g/mol. The summed E-state index contributed by atoms with van der Waals surface area (Å²) in [5.74, 6) is 0.491. The monoisotopic (exact) mass is 389 g/mol. The smallest absolute Gasteiger partial charge is 0.170 e. The van der Waals surface area contributed by atoms with Crippen molar-refractivity contribution in [3.8, 4) is 5.75 Å². The number of halogens is 1. The highest BCUT2D eigenvalue weighted by Gasteiger charge is 2.23. The van der Waals surface area contributed by atoms with Crippen molar-refractivity contribution >= 4 is 23.0 Å². The van der Waals surface area contributed by atoms with Crippen LogP contribution in [0.3, 0.4) is 0 Å². The van der Waals surface area contributed by atoms with Gasteiger partial charge in [-0.25, -0.2) is 4.39 Å². The van der Waals surface area contributed by atoms with Gasteiger partial charge in [0, 0.05) is 19.6 Å². The molecule has 0 bridgehead atoms. The second kappa shape index (κ2) is 9.64. The molecule has 1 fully saturated rings. The summed E-state index contributed by atoms with van der Waals surface area (Å²) < 4.78 is 24.5. The van der Waals surface area contributed by atoms with E-state index in [4.69, 9.17) is 21.7 Å². The first kappa shape index (κ1) is 19.5. The highest BCUT2D eigenvalue weighted by Crippen LogP contribution is 2.23. The number of nitrogens with one attached hydrogen (secondary N) is 2. The molecule has 2 aromatic rings. The van der Waals surface area contributed by atoms with Crippen LogP contribution in [0.4, 0.5) is 10.1 Å². The summed E-state index contributed by atoms with van der Waals surface area (Å²) in [6.07, 6.45) is 0. The van der Waals surface area contributed by atoms with Gasteiger partial charge in [-0.1, -0.05) is 24.3 Å². The molecule has 7 heteroatoms. The van der Waals surface area contributed by atoms with E-state index in [1.165, 1.54) is 11.6 Å².